The van der Waals surface area contributed by atoms with E-state index >= 15 is 0 Å². The maximum absolute atomic E-state index is 12.8. The summed E-state index contributed by atoms with van der Waals surface area (Å²) < 4.78 is 17.6. The van der Waals surface area contributed by atoms with Gasteiger partial charge in [-0.1, -0.05) is 12.1 Å². The van der Waals surface area contributed by atoms with E-state index in [9.17, 15) is 18.8 Å². The lowest BCUT2D eigenvalue weighted by molar-refractivity contribution is -0.146. The predicted molar refractivity (Wildman–Crippen MR) is 94.2 cm³/mol. The van der Waals surface area contributed by atoms with Gasteiger partial charge in [0, 0.05) is 11.3 Å². The summed E-state index contributed by atoms with van der Waals surface area (Å²) in [4.78, 5) is 35.3. The molecule has 2 amide bonds. The molecular formula is C19H19FN2O4. The van der Waals surface area contributed by atoms with Crippen LogP contribution in [0, 0.1) is 19.7 Å². The molecule has 0 spiro atoms. The Bertz CT molecular complexity index is 819. The molecule has 2 aromatic rings. The molecule has 0 bridgehead atoms. The summed E-state index contributed by atoms with van der Waals surface area (Å²) in [5, 5.41) is 5.00. The summed E-state index contributed by atoms with van der Waals surface area (Å²) in [6.07, 6.45) is 0. The fraction of sp³-hybridized carbons (Fsp3) is 0.211. The number of anilines is 1. The highest BCUT2D eigenvalue weighted by molar-refractivity contribution is 5.96. The lowest BCUT2D eigenvalue weighted by atomic mass is 10.1. The van der Waals surface area contributed by atoms with Crippen LogP contribution in [-0.2, 0) is 14.3 Å². The van der Waals surface area contributed by atoms with Crippen molar-refractivity contribution in [3.8, 4) is 0 Å². The first-order valence-corrected chi connectivity index (χ1v) is 7.91. The van der Waals surface area contributed by atoms with E-state index in [4.69, 9.17) is 4.74 Å². The second-order valence-corrected chi connectivity index (χ2v) is 5.72. The molecule has 0 saturated heterocycles. The second kappa shape index (κ2) is 8.75. The van der Waals surface area contributed by atoms with Gasteiger partial charge in [0.2, 0.25) is 0 Å². The third kappa shape index (κ3) is 5.70. The van der Waals surface area contributed by atoms with Crippen LogP contribution in [0.3, 0.4) is 0 Å². The van der Waals surface area contributed by atoms with Crippen molar-refractivity contribution >= 4 is 23.5 Å². The van der Waals surface area contributed by atoms with Gasteiger partial charge in [-0.15, -0.1) is 0 Å². The summed E-state index contributed by atoms with van der Waals surface area (Å²) >= 11 is 0. The van der Waals surface area contributed by atoms with Crippen molar-refractivity contribution in [2.24, 2.45) is 0 Å². The quantitative estimate of drug-likeness (QED) is 0.777. The fourth-order valence-corrected chi connectivity index (χ4v) is 2.11. The SMILES string of the molecule is Cc1ccc(C)c(NC(=O)COC(=O)CNC(=O)c2ccc(F)cc2)c1. The van der Waals surface area contributed by atoms with E-state index in [1.807, 2.05) is 32.0 Å². The molecule has 2 N–H and O–H groups in total. The first kappa shape index (κ1) is 19.1. The van der Waals surface area contributed by atoms with Crippen molar-refractivity contribution in [2.75, 3.05) is 18.5 Å². The summed E-state index contributed by atoms with van der Waals surface area (Å²) in [6, 6.07) is 10.5. The maximum atomic E-state index is 12.8. The topological polar surface area (TPSA) is 84.5 Å². The van der Waals surface area contributed by atoms with E-state index in [2.05, 4.69) is 10.6 Å². The molecule has 0 heterocycles. The van der Waals surface area contributed by atoms with Crippen molar-refractivity contribution in [2.45, 2.75) is 13.8 Å². The molecule has 136 valence electrons. The van der Waals surface area contributed by atoms with Crippen molar-refractivity contribution in [3.63, 3.8) is 0 Å². The van der Waals surface area contributed by atoms with Gasteiger partial charge in [-0.25, -0.2) is 4.39 Å². The molecule has 0 aliphatic carbocycles. The Morgan fingerprint density at radius 2 is 1.73 bits per heavy atom. The number of hydrogen-bond acceptors (Lipinski definition) is 4. The number of halogens is 1. The zero-order chi connectivity index (χ0) is 19.1. The standard InChI is InChI=1S/C19H19FN2O4/c1-12-3-4-13(2)16(9-12)22-17(23)11-26-18(24)10-21-19(25)14-5-7-15(20)8-6-14/h3-9H,10-11H2,1-2H3,(H,21,25)(H,22,23). The van der Waals surface area contributed by atoms with Crippen LogP contribution in [0.2, 0.25) is 0 Å². The van der Waals surface area contributed by atoms with Crippen LogP contribution in [-0.4, -0.2) is 30.9 Å². The largest absolute Gasteiger partial charge is 0.454 e. The second-order valence-electron chi connectivity index (χ2n) is 5.72. The molecular weight excluding hydrogens is 339 g/mol. The molecule has 0 aliphatic rings. The van der Waals surface area contributed by atoms with E-state index in [0.29, 0.717) is 5.69 Å². The van der Waals surface area contributed by atoms with E-state index in [0.717, 1.165) is 23.3 Å². The number of hydrogen-bond donors (Lipinski definition) is 2. The number of aryl methyl sites for hydroxylation is 2. The highest BCUT2D eigenvalue weighted by Crippen LogP contribution is 2.16. The Hall–Kier alpha value is -3.22. The highest BCUT2D eigenvalue weighted by Gasteiger charge is 2.11. The number of carbonyl (C=O) groups excluding carboxylic acids is 3. The van der Waals surface area contributed by atoms with Crippen molar-refractivity contribution in [1.29, 1.82) is 0 Å². The third-order valence-electron chi connectivity index (χ3n) is 3.53. The van der Waals surface area contributed by atoms with Crippen molar-refractivity contribution in [1.82, 2.24) is 5.32 Å². The summed E-state index contributed by atoms with van der Waals surface area (Å²) in [5.74, 6) is -2.23. The minimum absolute atomic E-state index is 0.215. The van der Waals surface area contributed by atoms with E-state index in [1.54, 1.807) is 0 Å². The first-order chi connectivity index (χ1) is 12.3. The molecule has 0 aliphatic heterocycles. The van der Waals surface area contributed by atoms with Gasteiger partial charge in [0.05, 0.1) is 0 Å². The van der Waals surface area contributed by atoms with Crippen LogP contribution in [0.5, 0.6) is 0 Å². The normalized spacial score (nSPS) is 10.1. The Kier molecular flexibility index (Phi) is 6.43. The lowest BCUT2D eigenvalue weighted by Crippen LogP contribution is -2.32. The van der Waals surface area contributed by atoms with Gasteiger partial charge in [0.1, 0.15) is 12.4 Å². The molecule has 2 aromatic carbocycles. The Balaban J connectivity index is 1.75. The average Bonchev–Trinajstić information content (AvgIpc) is 2.61. The molecule has 0 fully saturated rings. The molecule has 26 heavy (non-hydrogen) atoms. The third-order valence-corrected chi connectivity index (χ3v) is 3.53. The van der Waals surface area contributed by atoms with Gasteiger partial charge in [-0.05, 0) is 55.3 Å². The van der Waals surface area contributed by atoms with Crippen LogP contribution < -0.4 is 10.6 Å². The zero-order valence-corrected chi connectivity index (χ0v) is 14.5. The van der Waals surface area contributed by atoms with E-state index in [-0.39, 0.29) is 5.56 Å². The average molecular weight is 358 g/mol. The number of amides is 2. The van der Waals surface area contributed by atoms with Crippen LogP contribution in [0.15, 0.2) is 42.5 Å². The minimum atomic E-state index is -0.753. The zero-order valence-electron chi connectivity index (χ0n) is 14.5. The highest BCUT2D eigenvalue weighted by atomic mass is 19.1. The monoisotopic (exact) mass is 358 g/mol. The summed E-state index contributed by atoms with van der Waals surface area (Å²) in [5.41, 5.74) is 2.75. The number of rotatable bonds is 6. The van der Waals surface area contributed by atoms with Gasteiger partial charge >= 0.3 is 5.97 Å². The van der Waals surface area contributed by atoms with E-state index < -0.39 is 36.8 Å². The van der Waals surface area contributed by atoms with Gasteiger partial charge in [0.15, 0.2) is 6.61 Å². The summed E-state index contributed by atoms with van der Waals surface area (Å²) in [7, 11) is 0. The maximum Gasteiger partial charge on any atom is 0.325 e. The fourth-order valence-electron chi connectivity index (χ4n) is 2.11. The molecule has 0 atom stereocenters. The van der Waals surface area contributed by atoms with Gasteiger partial charge < -0.3 is 15.4 Å². The minimum Gasteiger partial charge on any atom is -0.454 e. The van der Waals surface area contributed by atoms with Crippen molar-refractivity contribution in [3.05, 3.63) is 65.0 Å². The Morgan fingerprint density at radius 1 is 1.04 bits per heavy atom. The Labute approximate surface area is 150 Å². The van der Waals surface area contributed by atoms with Crippen LogP contribution in [0.1, 0.15) is 21.5 Å². The molecule has 0 aromatic heterocycles. The van der Waals surface area contributed by atoms with Gasteiger partial charge in [0.25, 0.3) is 11.8 Å². The molecule has 0 saturated carbocycles. The number of ether oxygens (including phenoxy) is 1. The van der Waals surface area contributed by atoms with E-state index in [1.165, 1.54) is 12.1 Å². The molecule has 0 unspecified atom stereocenters. The number of esters is 1. The predicted octanol–water partition coefficient (Wildman–Crippen LogP) is 2.35. The van der Waals surface area contributed by atoms with Crippen molar-refractivity contribution < 1.29 is 23.5 Å². The lowest BCUT2D eigenvalue weighted by Gasteiger charge is -2.10. The molecule has 2 rings (SSSR count). The first-order valence-electron chi connectivity index (χ1n) is 7.91. The van der Waals surface area contributed by atoms with Gasteiger partial charge in [-0.3, -0.25) is 14.4 Å². The number of nitrogens with one attached hydrogen (secondary N) is 2. The van der Waals surface area contributed by atoms with Crippen LogP contribution in [0.4, 0.5) is 10.1 Å². The van der Waals surface area contributed by atoms with Crippen LogP contribution >= 0.6 is 0 Å². The smallest absolute Gasteiger partial charge is 0.325 e. The molecule has 7 heteroatoms. The number of carbonyl (C=O) groups is 3. The van der Waals surface area contributed by atoms with Gasteiger partial charge in [-0.2, -0.15) is 0 Å². The Morgan fingerprint density at radius 3 is 2.42 bits per heavy atom. The summed E-state index contributed by atoms with van der Waals surface area (Å²) in [6.45, 7) is 2.90. The molecule has 0 radical (unpaired) electrons. The van der Waals surface area contributed by atoms with Crippen LogP contribution in [0.25, 0.3) is 0 Å². The molecule has 6 nitrogen and oxygen atoms in total. The number of benzene rings is 2.